The fourth-order valence-corrected chi connectivity index (χ4v) is 2.75. The Labute approximate surface area is 121 Å². The van der Waals surface area contributed by atoms with Gasteiger partial charge in [0.15, 0.2) is 0 Å². The van der Waals surface area contributed by atoms with E-state index in [1.54, 1.807) is 0 Å². The van der Waals surface area contributed by atoms with E-state index in [0.29, 0.717) is 24.3 Å². The number of hydrogen-bond donors (Lipinski definition) is 0. The van der Waals surface area contributed by atoms with Crippen LogP contribution in [0.5, 0.6) is 0 Å². The van der Waals surface area contributed by atoms with Crippen molar-refractivity contribution in [2.24, 2.45) is 0 Å². The second kappa shape index (κ2) is 5.31. The topological polar surface area (TPSA) is 38.2 Å². The lowest BCUT2D eigenvalue weighted by atomic mass is 9.92. The molecule has 6 heteroatoms. The molecule has 0 unspecified atom stereocenters. The van der Waals surface area contributed by atoms with Gasteiger partial charge in [0.2, 0.25) is 5.95 Å². The van der Waals surface area contributed by atoms with Gasteiger partial charge in [0.1, 0.15) is 5.15 Å². The van der Waals surface area contributed by atoms with Crippen LogP contribution in [0, 0.1) is 0 Å². The highest BCUT2D eigenvalue weighted by molar-refractivity contribution is 9.10. The molecular formula is C12H17BrClN3O. The molecule has 2 heterocycles. The van der Waals surface area contributed by atoms with Crippen LogP contribution < -0.4 is 4.90 Å². The molecule has 0 spiro atoms. The van der Waals surface area contributed by atoms with E-state index in [2.05, 4.69) is 51.6 Å². The quantitative estimate of drug-likeness (QED) is 0.740. The van der Waals surface area contributed by atoms with Crippen molar-refractivity contribution in [2.75, 3.05) is 31.2 Å². The number of morpholine rings is 1. The number of aromatic nitrogens is 2. The van der Waals surface area contributed by atoms with Gasteiger partial charge in [-0.25, -0.2) is 4.98 Å². The average Bonchev–Trinajstić information content (AvgIpc) is 2.32. The number of anilines is 1. The number of ether oxygens (including phenoxy) is 1. The summed E-state index contributed by atoms with van der Waals surface area (Å²) in [6, 6.07) is 0. The molecule has 1 aromatic heterocycles. The van der Waals surface area contributed by atoms with Crippen LogP contribution in [0.2, 0.25) is 5.15 Å². The zero-order valence-corrected chi connectivity index (χ0v) is 13.2. The van der Waals surface area contributed by atoms with Gasteiger partial charge in [-0.05, 0) is 15.9 Å². The van der Waals surface area contributed by atoms with Crippen molar-refractivity contribution in [1.29, 1.82) is 0 Å². The van der Waals surface area contributed by atoms with Gasteiger partial charge in [0.05, 0.1) is 23.4 Å². The minimum Gasteiger partial charge on any atom is -0.378 e. The molecule has 2 rings (SSSR count). The van der Waals surface area contributed by atoms with E-state index in [9.17, 15) is 0 Å². The second-order valence-corrected chi connectivity index (χ2v) is 6.48. The molecule has 1 aliphatic heterocycles. The van der Waals surface area contributed by atoms with Crippen LogP contribution in [0.1, 0.15) is 26.5 Å². The highest BCUT2D eigenvalue weighted by atomic mass is 79.9. The minimum absolute atomic E-state index is 0.0769. The number of rotatable bonds is 1. The smallest absolute Gasteiger partial charge is 0.227 e. The van der Waals surface area contributed by atoms with E-state index in [1.807, 2.05) is 0 Å². The highest BCUT2D eigenvalue weighted by Gasteiger charge is 2.24. The van der Waals surface area contributed by atoms with Crippen LogP contribution in [-0.2, 0) is 10.2 Å². The predicted octanol–water partition coefficient (Wildman–Crippen LogP) is 3.03. The Morgan fingerprint density at radius 3 is 2.39 bits per heavy atom. The summed E-state index contributed by atoms with van der Waals surface area (Å²) in [6.45, 7) is 9.37. The predicted molar refractivity (Wildman–Crippen MR) is 76.5 cm³/mol. The van der Waals surface area contributed by atoms with Crippen molar-refractivity contribution in [1.82, 2.24) is 9.97 Å². The average molecular weight is 335 g/mol. The van der Waals surface area contributed by atoms with Crippen LogP contribution in [0.25, 0.3) is 0 Å². The van der Waals surface area contributed by atoms with Crippen LogP contribution in [0.4, 0.5) is 5.95 Å². The Morgan fingerprint density at radius 2 is 1.83 bits per heavy atom. The summed E-state index contributed by atoms with van der Waals surface area (Å²) >= 11 is 9.66. The molecule has 0 bridgehead atoms. The standard InChI is InChI=1S/C12H17BrClN3O/c1-12(2,3)9-8(13)10(14)16-11(15-9)17-4-6-18-7-5-17/h4-7H2,1-3H3. The van der Waals surface area contributed by atoms with Crippen molar-refractivity contribution >= 4 is 33.5 Å². The Morgan fingerprint density at radius 1 is 1.22 bits per heavy atom. The van der Waals surface area contributed by atoms with E-state index in [4.69, 9.17) is 16.3 Å². The molecule has 1 fully saturated rings. The maximum atomic E-state index is 6.19. The van der Waals surface area contributed by atoms with Crippen molar-refractivity contribution in [3.05, 3.63) is 15.3 Å². The Kier molecular flexibility index (Phi) is 4.14. The summed E-state index contributed by atoms with van der Waals surface area (Å²) in [6.07, 6.45) is 0. The summed E-state index contributed by atoms with van der Waals surface area (Å²) < 4.78 is 6.12. The fourth-order valence-electron chi connectivity index (χ4n) is 1.81. The van der Waals surface area contributed by atoms with Crippen LogP contribution in [0.15, 0.2) is 4.47 Å². The SMILES string of the molecule is CC(C)(C)c1nc(N2CCOCC2)nc(Cl)c1Br. The summed E-state index contributed by atoms with van der Waals surface area (Å²) in [7, 11) is 0. The van der Waals surface area contributed by atoms with Gasteiger partial charge in [0, 0.05) is 18.5 Å². The summed E-state index contributed by atoms with van der Waals surface area (Å²) in [5.74, 6) is 0.691. The lowest BCUT2D eigenvalue weighted by molar-refractivity contribution is 0.122. The molecule has 0 amide bonds. The summed E-state index contributed by atoms with van der Waals surface area (Å²) in [5, 5.41) is 0.469. The van der Waals surface area contributed by atoms with E-state index in [-0.39, 0.29) is 5.41 Å². The van der Waals surface area contributed by atoms with Crippen LogP contribution in [0.3, 0.4) is 0 Å². The van der Waals surface area contributed by atoms with E-state index < -0.39 is 0 Å². The molecule has 0 atom stereocenters. The van der Waals surface area contributed by atoms with E-state index in [0.717, 1.165) is 23.3 Å². The fraction of sp³-hybridized carbons (Fsp3) is 0.667. The first kappa shape index (κ1) is 14.0. The number of nitrogens with zero attached hydrogens (tertiary/aromatic N) is 3. The van der Waals surface area contributed by atoms with Crippen LogP contribution in [-0.4, -0.2) is 36.3 Å². The van der Waals surface area contributed by atoms with Gasteiger partial charge in [-0.1, -0.05) is 32.4 Å². The van der Waals surface area contributed by atoms with Crippen molar-refractivity contribution < 1.29 is 4.74 Å². The molecule has 0 N–H and O–H groups in total. The van der Waals surface area contributed by atoms with Gasteiger partial charge in [0.25, 0.3) is 0 Å². The number of halogens is 2. The van der Waals surface area contributed by atoms with Gasteiger partial charge in [-0.2, -0.15) is 4.98 Å². The third kappa shape index (κ3) is 2.95. The molecule has 0 aromatic carbocycles. The zero-order chi connectivity index (χ0) is 13.3. The van der Waals surface area contributed by atoms with Gasteiger partial charge >= 0.3 is 0 Å². The van der Waals surface area contributed by atoms with Gasteiger partial charge < -0.3 is 9.64 Å². The Hall–Kier alpha value is -0.390. The molecule has 18 heavy (non-hydrogen) atoms. The Balaban J connectivity index is 2.40. The van der Waals surface area contributed by atoms with Crippen LogP contribution >= 0.6 is 27.5 Å². The normalized spacial score (nSPS) is 17.1. The summed E-state index contributed by atoms with van der Waals surface area (Å²) in [5.41, 5.74) is 0.857. The first-order valence-electron chi connectivity index (χ1n) is 5.96. The van der Waals surface area contributed by atoms with Crippen molar-refractivity contribution in [3.8, 4) is 0 Å². The summed E-state index contributed by atoms with van der Waals surface area (Å²) in [4.78, 5) is 11.1. The minimum atomic E-state index is -0.0769. The molecule has 0 radical (unpaired) electrons. The second-order valence-electron chi connectivity index (χ2n) is 5.33. The molecule has 4 nitrogen and oxygen atoms in total. The molecule has 1 aromatic rings. The lowest BCUT2D eigenvalue weighted by Crippen LogP contribution is -2.37. The van der Waals surface area contributed by atoms with Gasteiger partial charge in [-0.15, -0.1) is 0 Å². The molecule has 0 aliphatic carbocycles. The van der Waals surface area contributed by atoms with Crippen molar-refractivity contribution in [2.45, 2.75) is 26.2 Å². The van der Waals surface area contributed by atoms with Gasteiger partial charge in [-0.3, -0.25) is 0 Å². The Bertz CT molecular complexity index is 442. The molecule has 1 aliphatic rings. The highest BCUT2D eigenvalue weighted by Crippen LogP contribution is 2.33. The molecule has 100 valence electrons. The molecule has 1 saturated heterocycles. The first-order valence-corrected chi connectivity index (χ1v) is 7.13. The largest absolute Gasteiger partial charge is 0.378 e. The maximum absolute atomic E-state index is 6.19. The van der Waals surface area contributed by atoms with E-state index >= 15 is 0 Å². The maximum Gasteiger partial charge on any atom is 0.227 e. The third-order valence-corrected chi connectivity index (χ3v) is 4.06. The monoisotopic (exact) mass is 333 g/mol. The first-order chi connectivity index (χ1) is 8.39. The molecule has 0 saturated carbocycles. The zero-order valence-electron chi connectivity index (χ0n) is 10.8. The number of hydrogen-bond acceptors (Lipinski definition) is 4. The van der Waals surface area contributed by atoms with Crippen molar-refractivity contribution in [3.63, 3.8) is 0 Å². The van der Waals surface area contributed by atoms with E-state index in [1.165, 1.54) is 0 Å². The lowest BCUT2D eigenvalue weighted by Gasteiger charge is -2.29. The molecular weight excluding hydrogens is 318 g/mol. The third-order valence-electron chi connectivity index (χ3n) is 2.80.